The van der Waals surface area contributed by atoms with Gasteiger partial charge in [0.25, 0.3) is 0 Å². The van der Waals surface area contributed by atoms with Crippen molar-refractivity contribution in [3.05, 3.63) is 37.4 Å². The van der Waals surface area contributed by atoms with Crippen molar-refractivity contribution in [1.82, 2.24) is 9.97 Å². The Labute approximate surface area is 242 Å². The van der Waals surface area contributed by atoms with Crippen molar-refractivity contribution < 1.29 is 105 Å². The Morgan fingerprint density at radius 1 is 0.634 bits per heavy atom. The molecule has 20 nitrogen and oxygen atoms in total. The van der Waals surface area contributed by atoms with Crippen LogP contribution in [0.1, 0.15) is 38.5 Å². The van der Waals surface area contributed by atoms with E-state index >= 15 is 0 Å². The second-order valence-electron chi connectivity index (χ2n) is 9.16. The molecule has 2 aromatic heterocycles. The minimum atomic E-state index is -5.79. The number of nitrogens with zero attached hydrogens (tertiary/aromatic N) is 2. The molecule has 4 rings (SSSR count). The van der Waals surface area contributed by atoms with E-state index in [4.69, 9.17) is 19.6 Å². The molecule has 1 radical (unpaired) electrons. The van der Waals surface area contributed by atoms with Gasteiger partial charge >= 0.3 is 17.1 Å². The van der Waals surface area contributed by atoms with Crippen molar-refractivity contribution in [3.8, 4) is 0 Å². The van der Waals surface area contributed by atoms with E-state index in [2.05, 4.69) is 9.97 Å². The molecule has 2 aliphatic rings. The molecule has 0 bridgehead atoms. The molecule has 2 aromatic rings. The summed E-state index contributed by atoms with van der Waals surface area (Å²) >= 11 is 0. The molecular weight excluding hydrogens is 692 g/mol. The first-order valence-corrected chi connectivity index (χ1v) is 17.1. The molecule has 4 atom stereocenters. The molecule has 2 saturated carbocycles. The number of aromatic nitrogens is 4. The zero-order valence-electron chi connectivity index (χ0n) is 20.6. The summed E-state index contributed by atoms with van der Waals surface area (Å²) in [5.74, 6) is 0. The van der Waals surface area contributed by atoms with Gasteiger partial charge in [0.05, 0.1) is 0 Å². The van der Waals surface area contributed by atoms with Crippen molar-refractivity contribution >= 4 is 30.4 Å². The van der Waals surface area contributed by atoms with Crippen LogP contribution in [-0.2, 0) is 46.4 Å². The van der Waals surface area contributed by atoms with Gasteiger partial charge in [0.15, 0.2) is 41.5 Å². The quantitative estimate of drug-likeness (QED) is 0.0715. The van der Waals surface area contributed by atoms with E-state index in [0.29, 0.717) is 12.8 Å². The maximum atomic E-state index is 11.4. The standard InChI is InChI=1S/2C8H14N2O7P2.Cu.2H2O/c2*11-8(18(12,13)14,19(15,16)17)7(2-1-3-7)10-5-4-9-6-10;;;/h2*4-6,11H,1-3H2,(H4,12,13,14,15,16,17);;2*1H2/q;;+2;;/p-2. The van der Waals surface area contributed by atoms with Gasteiger partial charge in [-0.15, -0.1) is 0 Å². The molecule has 0 amide bonds. The van der Waals surface area contributed by atoms with Gasteiger partial charge in [-0.05, 0) is 38.5 Å². The summed E-state index contributed by atoms with van der Waals surface area (Å²) in [5.41, 5.74) is -3.68. The number of rotatable bonds is 8. The zero-order chi connectivity index (χ0) is 29.1. The number of aliphatic hydroxyl groups is 2. The Hall–Kier alpha value is -0.621. The fourth-order valence-corrected chi connectivity index (χ4v) is 11.1. The van der Waals surface area contributed by atoms with Crippen LogP contribution in [0.2, 0.25) is 0 Å². The fraction of sp³-hybridized carbons (Fsp3) is 0.625. The Morgan fingerprint density at radius 3 is 1.00 bits per heavy atom. The van der Waals surface area contributed by atoms with E-state index in [1.165, 1.54) is 37.4 Å². The van der Waals surface area contributed by atoms with E-state index in [1.54, 1.807) is 0 Å². The van der Waals surface area contributed by atoms with Gasteiger partial charge in [0, 0.05) is 0 Å². The monoisotopic (exact) mass is 721 g/mol. The van der Waals surface area contributed by atoms with Gasteiger partial charge in [0.2, 0.25) is 22.8 Å². The summed E-state index contributed by atoms with van der Waals surface area (Å²) in [6, 6.07) is 0. The second-order valence-corrected chi connectivity index (χ2v) is 16.6. The van der Waals surface area contributed by atoms with Gasteiger partial charge in [-0.25, -0.2) is 9.13 Å². The third kappa shape index (κ3) is 6.05. The largest absolute Gasteiger partial charge is 2.00 e. The van der Waals surface area contributed by atoms with Crippen molar-refractivity contribution in [2.45, 2.75) is 59.8 Å². The number of imidazole rings is 2. The maximum absolute atomic E-state index is 11.4. The third-order valence-electron chi connectivity index (χ3n) is 7.26. The molecule has 0 aromatic carbocycles. The average Bonchev–Trinajstić information content (AvgIpc) is 3.37. The van der Waals surface area contributed by atoms with E-state index in [9.17, 15) is 48.0 Å². The molecule has 0 saturated heterocycles. The van der Waals surface area contributed by atoms with Crippen LogP contribution in [0.4, 0.5) is 0 Å². The van der Waals surface area contributed by atoms with Crippen LogP contribution in [0.15, 0.2) is 37.4 Å². The van der Waals surface area contributed by atoms with Crippen LogP contribution in [0, 0.1) is 0 Å². The molecule has 0 spiro atoms. The summed E-state index contributed by atoms with van der Waals surface area (Å²) in [6.45, 7) is 0. The van der Waals surface area contributed by atoms with Crippen LogP contribution in [0.25, 0.3) is 0 Å². The van der Waals surface area contributed by atoms with Crippen LogP contribution in [0.3, 0.4) is 0 Å². The Kier molecular flexibility index (Phi) is 12.6. The number of hydrogen-bond acceptors (Lipinski definition) is 10. The number of aromatic amines is 2. The first-order chi connectivity index (χ1) is 17.1. The van der Waals surface area contributed by atoms with Crippen molar-refractivity contribution in [2.75, 3.05) is 0 Å². The zero-order valence-corrected chi connectivity index (χ0v) is 25.2. The Morgan fingerprint density at radius 2 is 0.878 bits per heavy atom. The van der Waals surface area contributed by atoms with Gasteiger partial charge in [-0.1, -0.05) is 0 Å². The van der Waals surface area contributed by atoms with Crippen LogP contribution < -0.4 is 28.7 Å². The van der Waals surface area contributed by atoms with Crippen molar-refractivity contribution in [3.63, 3.8) is 0 Å². The average molecular weight is 722 g/mol. The van der Waals surface area contributed by atoms with Gasteiger partial charge in [-0.2, -0.15) is 0 Å². The van der Waals surface area contributed by atoms with Gasteiger partial charge < -0.3 is 78.6 Å². The molecule has 2 aliphatic carbocycles. The molecule has 241 valence electrons. The Balaban J connectivity index is 0.000000727. The summed E-state index contributed by atoms with van der Waals surface area (Å²) in [5, 5.41) is 13.0. The number of H-pyrrole nitrogens is 2. The van der Waals surface area contributed by atoms with Gasteiger partial charge in [-0.3, -0.25) is 9.97 Å². The minimum absolute atomic E-state index is 0. The molecule has 2 fully saturated rings. The molecule has 4 unspecified atom stereocenters. The van der Waals surface area contributed by atoms with Gasteiger partial charge in [0.1, 0.15) is 24.8 Å². The number of hydrogen-bond donors (Lipinski definition) is 8. The summed E-state index contributed by atoms with van der Waals surface area (Å²) < 4.78 is 47.9. The summed E-state index contributed by atoms with van der Waals surface area (Å²) in [4.78, 5) is 87.5. The fourth-order valence-electron chi connectivity index (χ4n) is 5.04. The third-order valence-corrected chi connectivity index (χ3v) is 15.1. The predicted molar refractivity (Wildman–Crippen MR) is 122 cm³/mol. The molecule has 25 heteroatoms. The van der Waals surface area contributed by atoms with E-state index in [0.717, 1.165) is 9.13 Å². The maximum Gasteiger partial charge on any atom is 2.00 e. The molecule has 0 aliphatic heterocycles. The summed E-state index contributed by atoms with van der Waals surface area (Å²) in [7, 11) is -23.2. The normalized spacial score (nSPS) is 25.6. The van der Waals surface area contributed by atoms with E-state index < -0.39 is 51.6 Å². The minimum Gasteiger partial charge on any atom is -0.776 e. The smallest absolute Gasteiger partial charge is 0.776 e. The second kappa shape index (κ2) is 12.8. The molecule has 2 heterocycles. The van der Waals surface area contributed by atoms with Crippen LogP contribution in [0.5, 0.6) is 0 Å². The summed E-state index contributed by atoms with van der Waals surface area (Å²) in [6.07, 6.45) is 8.70. The molecule has 41 heavy (non-hydrogen) atoms. The van der Waals surface area contributed by atoms with Crippen molar-refractivity contribution in [1.29, 1.82) is 0 Å². The molecule has 12 N–H and O–H groups in total. The van der Waals surface area contributed by atoms with E-state index in [1.807, 2.05) is 0 Å². The van der Waals surface area contributed by atoms with E-state index in [-0.39, 0.29) is 53.7 Å². The SMILES string of the molecule is O.O.O=P([O-])(O)C(O)(C1([n+]2cc[nH]c2)CCC1)P(=O)([O-])O.O=P([O-])(O)C(O)(C1([n+]2cc[nH]c2)CCC1)P(=O)([O-])O.[Cu+2]. The first-order valence-electron chi connectivity index (χ1n) is 10.8. The van der Waals surface area contributed by atoms with Crippen molar-refractivity contribution in [2.24, 2.45) is 0 Å². The predicted octanol–water partition coefficient (Wildman–Crippen LogP) is -5.81. The molecular formula is C16H30CuN4O16P4. The Bertz CT molecular complexity index is 1180. The topological polar surface area (TPSA) is 384 Å². The van der Waals surface area contributed by atoms with Crippen LogP contribution >= 0.6 is 30.4 Å². The van der Waals surface area contributed by atoms with Crippen LogP contribution in [-0.4, -0.2) is 60.9 Å². The number of nitrogens with one attached hydrogen (secondary N) is 2. The first kappa shape index (κ1) is 40.4.